The summed E-state index contributed by atoms with van der Waals surface area (Å²) in [5.74, 6) is 2.37. The smallest absolute Gasteiger partial charge is 0.192 e. The molecule has 2 N–H and O–H groups in total. The fraction of sp³-hybridized carbons (Fsp3) is 0.824. The fourth-order valence-electron chi connectivity index (χ4n) is 7.50. The molecule has 0 heterocycles. The van der Waals surface area contributed by atoms with Crippen LogP contribution in [0.4, 0.5) is 0 Å². The van der Waals surface area contributed by atoms with Gasteiger partial charge in [-0.15, -0.1) is 0 Å². The van der Waals surface area contributed by atoms with Crippen LogP contribution in [0.2, 0.25) is 18.1 Å². The zero-order valence-electron chi connectivity index (χ0n) is 26.4. The van der Waals surface area contributed by atoms with Crippen molar-refractivity contribution in [3.8, 4) is 0 Å². The Morgan fingerprint density at radius 2 is 1.71 bits per heavy atom. The summed E-state index contributed by atoms with van der Waals surface area (Å²) in [6.45, 7) is 27.5. The molecule has 0 unspecified atom stereocenters. The van der Waals surface area contributed by atoms with E-state index >= 15 is 0 Å². The van der Waals surface area contributed by atoms with Gasteiger partial charge in [0.25, 0.3) is 0 Å². The van der Waals surface area contributed by atoms with Crippen LogP contribution >= 0.6 is 0 Å². The molecule has 3 fully saturated rings. The summed E-state index contributed by atoms with van der Waals surface area (Å²) in [7, 11) is -1.87. The predicted octanol–water partition coefficient (Wildman–Crippen LogP) is 8.84. The molecular formula is C34H60O3Si. The molecule has 0 saturated heterocycles. The molecular weight excluding hydrogens is 484 g/mol. The zero-order valence-corrected chi connectivity index (χ0v) is 27.4. The lowest BCUT2D eigenvalue weighted by Gasteiger charge is -2.52. The van der Waals surface area contributed by atoms with E-state index in [0.29, 0.717) is 30.1 Å². The maximum Gasteiger partial charge on any atom is 0.192 e. The van der Waals surface area contributed by atoms with Crippen LogP contribution in [0.5, 0.6) is 0 Å². The Labute approximate surface area is 236 Å². The van der Waals surface area contributed by atoms with Crippen molar-refractivity contribution in [3.63, 3.8) is 0 Å². The van der Waals surface area contributed by atoms with E-state index in [-0.39, 0.29) is 22.5 Å². The third-order valence-electron chi connectivity index (χ3n) is 11.5. The average molecular weight is 545 g/mol. The maximum atomic E-state index is 12.2. The Kier molecular flexibility index (Phi) is 9.77. The highest BCUT2D eigenvalue weighted by atomic mass is 28.4. The average Bonchev–Trinajstić information content (AvgIpc) is 3.16. The van der Waals surface area contributed by atoms with Gasteiger partial charge in [-0.3, -0.25) is 0 Å². The van der Waals surface area contributed by atoms with Crippen molar-refractivity contribution in [2.24, 2.45) is 35.0 Å². The Morgan fingerprint density at radius 3 is 2.32 bits per heavy atom. The Balaban J connectivity index is 1.78. The highest BCUT2D eigenvalue weighted by Crippen LogP contribution is 2.61. The van der Waals surface area contributed by atoms with Gasteiger partial charge in [0, 0.05) is 6.10 Å². The first-order valence-corrected chi connectivity index (χ1v) is 18.5. The van der Waals surface area contributed by atoms with Crippen LogP contribution in [0.25, 0.3) is 0 Å². The molecule has 3 saturated carbocycles. The second-order valence-electron chi connectivity index (χ2n) is 15.4. The molecule has 0 radical (unpaired) electrons. The summed E-state index contributed by atoms with van der Waals surface area (Å²) in [5.41, 5.74) is 1.18. The lowest BCUT2D eigenvalue weighted by Crippen LogP contribution is -2.56. The van der Waals surface area contributed by atoms with Crippen LogP contribution in [-0.2, 0) is 4.43 Å². The number of aliphatic hydroxyl groups excluding tert-OH is 1. The van der Waals surface area contributed by atoms with Gasteiger partial charge in [0.1, 0.15) is 6.10 Å². The monoisotopic (exact) mass is 544 g/mol. The topological polar surface area (TPSA) is 49.7 Å². The van der Waals surface area contributed by atoms with Crippen molar-refractivity contribution < 1.29 is 14.6 Å². The molecule has 0 aliphatic heterocycles. The van der Waals surface area contributed by atoms with Gasteiger partial charge in [0.05, 0.1) is 5.60 Å². The number of hydrogen-bond acceptors (Lipinski definition) is 3. The molecule has 38 heavy (non-hydrogen) atoms. The van der Waals surface area contributed by atoms with Crippen molar-refractivity contribution >= 4 is 8.32 Å². The van der Waals surface area contributed by atoms with E-state index in [1.54, 1.807) is 0 Å². The number of aliphatic hydroxyl groups is 2. The molecule has 3 aliphatic rings. The fourth-order valence-corrected chi connectivity index (χ4v) is 8.89. The van der Waals surface area contributed by atoms with Crippen molar-refractivity contribution in [3.05, 3.63) is 36.0 Å². The molecule has 3 rings (SSSR count). The number of hydrogen-bond donors (Lipinski definition) is 2. The summed E-state index contributed by atoms with van der Waals surface area (Å²) < 4.78 is 6.76. The van der Waals surface area contributed by atoms with Crippen molar-refractivity contribution in [2.45, 2.75) is 143 Å². The van der Waals surface area contributed by atoms with E-state index < -0.39 is 20.0 Å². The van der Waals surface area contributed by atoms with E-state index in [2.05, 4.69) is 87.2 Å². The van der Waals surface area contributed by atoms with Gasteiger partial charge < -0.3 is 14.6 Å². The second kappa shape index (κ2) is 11.7. The van der Waals surface area contributed by atoms with Gasteiger partial charge in [-0.25, -0.2) is 0 Å². The summed E-state index contributed by atoms with van der Waals surface area (Å²) in [6.07, 6.45) is 13.7. The first-order valence-electron chi connectivity index (χ1n) is 15.6. The highest BCUT2D eigenvalue weighted by Gasteiger charge is 2.59. The first kappa shape index (κ1) is 31.8. The molecule has 3 nitrogen and oxygen atoms in total. The third kappa shape index (κ3) is 6.45. The molecule has 8 atom stereocenters. The SMILES string of the molecule is C=C1CC[C@H](O[Si](C)(C)C(C)(C)C)C/C1=C/[C@H](O)[C@@]1(O)CCC[C@]2(C)[C@@H]([C@H](C)/C=C/[C@H](C)C(C)C)CC[C@H]21. The number of rotatable bonds is 8. The van der Waals surface area contributed by atoms with Crippen LogP contribution in [0.15, 0.2) is 36.0 Å². The first-order chi connectivity index (χ1) is 17.4. The summed E-state index contributed by atoms with van der Waals surface area (Å²) in [6, 6.07) is 0. The number of fused-ring (bicyclic) bond motifs is 1. The van der Waals surface area contributed by atoms with Gasteiger partial charge in [0.2, 0.25) is 0 Å². The van der Waals surface area contributed by atoms with Gasteiger partial charge >= 0.3 is 0 Å². The molecule has 0 aromatic rings. The Morgan fingerprint density at radius 1 is 1.05 bits per heavy atom. The van der Waals surface area contributed by atoms with Gasteiger partial charge in [-0.1, -0.05) is 79.7 Å². The van der Waals surface area contributed by atoms with E-state index in [4.69, 9.17) is 4.43 Å². The normalized spacial score (nSPS) is 36.6. The molecule has 0 aromatic heterocycles. The van der Waals surface area contributed by atoms with Crippen molar-refractivity contribution in [1.29, 1.82) is 0 Å². The van der Waals surface area contributed by atoms with Crippen LogP contribution < -0.4 is 0 Å². The summed E-state index contributed by atoms with van der Waals surface area (Å²) >= 11 is 0. The minimum atomic E-state index is -1.87. The minimum absolute atomic E-state index is 0.0505. The molecule has 0 spiro atoms. The molecule has 0 aromatic carbocycles. The quantitative estimate of drug-likeness (QED) is 0.237. The molecule has 218 valence electrons. The third-order valence-corrected chi connectivity index (χ3v) is 16.1. The van der Waals surface area contributed by atoms with Crippen molar-refractivity contribution in [1.82, 2.24) is 0 Å². The van der Waals surface area contributed by atoms with Crippen LogP contribution in [0.1, 0.15) is 107 Å². The van der Waals surface area contributed by atoms with Crippen LogP contribution in [-0.4, -0.2) is 36.3 Å². The molecule has 3 aliphatic carbocycles. The lowest BCUT2D eigenvalue weighted by atomic mass is 9.56. The molecule has 0 bridgehead atoms. The van der Waals surface area contributed by atoms with E-state index in [9.17, 15) is 10.2 Å². The largest absolute Gasteiger partial charge is 0.414 e. The minimum Gasteiger partial charge on any atom is -0.414 e. The van der Waals surface area contributed by atoms with Crippen LogP contribution in [0.3, 0.4) is 0 Å². The van der Waals surface area contributed by atoms with E-state index in [1.807, 2.05) is 6.08 Å². The maximum absolute atomic E-state index is 12.2. The van der Waals surface area contributed by atoms with Gasteiger partial charge in [-0.05, 0) is 116 Å². The number of allylic oxidation sites excluding steroid dienone is 3. The molecule has 4 heteroatoms. The molecule has 0 amide bonds. The van der Waals surface area contributed by atoms with Crippen LogP contribution in [0, 0.1) is 35.0 Å². The van der Waals surface area contributed by atoms with E-state index in [0.717, 1.165) is 56.1 Å². The zero-order chi connectivity index (χ0) is 28.7. The Bertz CT molecular complexity index is 896. The van der Waals surface area contributed by atoms with Gasteiger partial charge in [-0.2, -0.15) is 0 Å². The Hall–Kier alpha value is -0.683. The second-order valence-corrected chi connectivity index (χ2v) is 20.2. The predicted molar refractivity (Wildman–Crippen MR) is 165 cm³/mol. The summed E-state index contributed by atoms with van der Waals surface area (Å²) in [4.78, 5) is 0. The lowest BCUT2D eigenvalue weighted by molar-refractivity contribution is -0.155. The van der Waals surface area contributed by atoms with E-state index in [1.165, 1.54) is 0 Å². The standard InChI is InChI=1S/C34H60O3Si/c1-23(2)24(3)13-14-26(5)29-17-18-30-33(29,9)19-12-20-34(30,36)31(35)22-27-21-28(16-15-25(27)4)37-38(10,11)32(6,7)8/h13-14,22-24,26,28-31,35-36H,4,12,15-21H2,1-3,5-11H3/b14-13+,27-22-/t24-,26+,28-,29+,30+,31-,33+,34+/m0/s1. The van der Waals surface area contributed by atoms with Gasteiger partial charge in [0.15, 0.2) is 8.32 Å². The van der Waals surface area contributed by atoms with Crippen molar-refractivity contribution in [2.75, 3.05) is 0 Å². The summed E-state index contributed by atoms with van der Waals surface area (Å²) in [5, 5.41) is 24.0. The highest BCUT2D eigenvalue weighted by molar-refractivity contribution is 6.74.